The van der Waals surface area contributed by atoms with Gasteiger partial charge < -0.3 is 9.84 Å². The largest absolute Gasteiger partial charge is 0.496 e. The van der Waals surface area contributed by atoms with E-state index in [0.29, 0.717) is 5.75 Å². The molecular weight excluding hydrogens is 268 g/mol. The van der Waals surface area contributed by atoms with Crippen molar-refractivity contribution in [3.05, 3.63) is 59.2 Å². The molecule has 106 valence electrons. The van der Waals surface area contributed by atoms with Gasteiger partial charge in [0.2, 0.25) is 0 Å². The number of thioether (sulfide) groups is 1. The van der Waals surface area contributed by atoms with E-state index < -0.39 is 6.10 Å². The van der Waals surface area contributed by atoms with Crippen LogP contribution in [-0.2, 0) is 0 Å². The Morgan fingerprint density at radius 1 is 1.15 bits per heavy atom. The SMILES string of the molecule is COc1ccc(C)cc1C(O)CSc1ccccc1C. The molecule has 0 aliphatic rings. The minimum absolute atomic E-state index is 0.533. The van der Waals surface area contributed by atoms with Crippen molar-refractivity contribution in [3.8, 4) is 5.75 Å². The van der Waals surface area contributed by atoms with Crippen LogP contribution in [0, 0.1) is 13.8 Å². The number of aryl methyl sites for hydroxylation is 2. The highest BCUT2D eigenvalue weighted by molar-refractivity contribution is 7.99. The van der Waals surface area contributed by atoms with Crippen molar-refractivity contribution in [2.45, 2.75) is 24.8 Å². The third-order valence-electron chi connectivity index (χ3n) is 3.23. The van der Waals surface area contributed by atoms with E-state index in [-0.39, 0.29) is 0 Å². The summed E-state index contributed by atoms with van der Waals surface area (Å²) in [5.41, 5.74) is 3.22. The second-order valence-corrected chi connectivity index (χ2v) is 5.90. The van der Waals surface area contributed by atoms with Crippen molar-refractivity contribution in [1.82, 2.24) is 0 Å². The predicted octanol–water partition coefficient (Wildman–Crippen LogP) is 4.14. The van der Waals surface area contributed by atoms with Crippen molar-refractivity contribution in [2.24, 2.45) is 0 Å². The molecule has 2 aromatic rings. The van der Waals surface area contributed by atoms with E-state index in [0.717, 1.165) is 16.9 Å². The minimum atomic E-state index is -0.533. The molecule has 2 aromatic carbocycles. The van der Waals surface area contributed by atoms with Gasteiger partial charge in [-0.3, -0.25) is 0 Å². The molecule has 1 N–H and O–H groups in total. The second kappa shape index (κ2) is 6.82. The van der Waals surface area contributed by atoms with Gasteiger partial charge in [0.1, 0.15) is 5.75 Å². The molecule has 0 amide bonds. The zero-order valence-corrected chi connectivity index (χ0v) is 12.9. The molecule has 0 aliphatic heterocycles. The van der Waals surface area contributed by atoms with Gasteiger partial charge in [0, 0.05) is 16.2 Å². The lowest BCUT2D eigenvalue weighted by atomic mass is 10.1. The van der Waals surface area contributed by atoms with Crippen LogP contribution in [0.4, 0.5) is 0 Å². The van der Waals surface area contributed by atoms with Gasteiger partial charge in [0.05, 0.1) is 13.2 Å². The summed E-state index contributed by atoms with van der Waals surface area (Å²) < 4.78 is 5.33. The number of aliphatic hydroxyl groups is 1. The molecule has 0 aromatic heterocycles. The van der Waals surface area contributed by atoms with Gasteiger partial charge in [-0.25, -0.2) is 0 Å². The summed E-state index contributed by atoms with van der Waals surface area (Å²) in [6.45, 7) is 4.10. The molecule has 0 fully saturated rings. The van der Waals surface area contributed by atoms with E-state index in [1.807, 2.05) is 37.3 Å². The van der Waals surface area contributed by atoms with Gasteiger partial charge in [-0.2, -0.15) is 0 Å². The summed E-state index contributed by atoms with van der Waals surface area (Å²) in [7, 11) is 1.63. The maximum Gasteiger partial charge on any atom is 0.124 e. The maximum absolute atomic E-state index is 10.4. The highest BCUT2D eigenvalue weighted by Crippen LogP contribution is 2.31. The molecule has 3 heteroatoms. The van der Waals surface area contributed by atoms with Crippen molar-refractivity contribution in [1.29, 1.82) is 0 Å². The Labute approximate surface area is 124 Å². The number of methoxy groups -OCH3 is 1. The Morgan fingerprint density at radius 3 is 2.60 bits per heavy atom. The summed E-state index contributed by atoms with van der Waals surface area (Å²) in [5, 5.41) is 10.4. The van der Waals surface area contributed by atoms with Gasteiger partial charge in [-0.05, 0) is 37.6 Å². The fourth-order valence-electron chi connectivity index (χ4n) is 2.09. The summed E-state index contributed by atoms with van der Waals surface area (Å²) in [6, 6.07) is 14.1. The van der Waals surface area contributed by atoms with Crippen LogP contribution in [0.5, 0.6) is 5.75 Å². The Morgan fingerprint density at radius 2 is 1.90 bits per heavy atom. The van der Waals surface area contributed by atoms with Gasteiger partial charge in [0.15, 0.2) is 0 Å². The van der Waals surface area contributed by atoms with Gasteiger partial charge in [-0.1, -0.05) is 29.8 Å². The Bertz CT molecular complexity index is 581. The van der Waals surface area contributed by atoms with Crippen molar-refractivity contribution in [3.63, 3.8) is 0 Å². The highest BCUT2D eigenvalue weighted by atomic mass is 32.2. The maximum atomic E-state index is 10.4. The van der Waals surface area contributed by atoms with Crippen LogP contribution in [0.15, 0.2) is 47.4 Å². The smallest absolute Gasteiger partial charge is 0.124 e. The normalized spacial score (nSPS) is 12.2. The first-order chi connectivity index (χ1) is 9.61. The van der Waals surface area contributed by atoms with Crippen molar-refractivity contribution in [2.75, 3.05) is 12.9 Å². The molecule has 0 heterocycles. The minimum Gasteiger partial charge on any atom is -0.496 e. The number of hydrogen-bond acceptors (Lipinski definition) is 3. The van der Waals surface area contributed by atoms with Crippen molar-refractivity contribution >= 4 is 11.8 Å². The predicted molar refractivity (Wildman–Crippen MR) is 84.6 cm³/mol. The molecule has 1 unspecified atom stereocenters. The lowest BCUT2D eigenvalue weighted by molar-refractivity contribution is 0.199. The van der Waals surface area contributed by atoms with Gasteiger partial charge >= 0.3 is 0 Å². The van der Waals surface area contributed by atoms with Crippen LogP contribution in [0.1, 0.15) is 22.8 Å². The van der Waals surface area contributed by atoms with E-state index >= 15 is 0 Å². The second-order valence-electron chi connectivity index (χ2n) is 4.84. The zero-order chi connectivity index (χ0) is 14.5. The van der Waals surface area contributed by atoms with E-state index in [1.165, 1.54) is 10.5 Å². The van der Waals surface area contributed by atoms with E-state index in [4.69, 9.17) is 4.74 Å². The molecule has 2 rings (SSSR count). The van der Waals surface area contributed by atoms with Crippen LogP contribution in [0.3, 0.4) is 0 Å². The summed E-state index contributed by atoms with van der Waals surface area (Å²) >= 11 is 1.67. The molecule has 0 saturated heterocycles. The summed E-state index contributed by atoms with van der Waals surface area (Å²) in [5.74, 6) is 1.36. The standard InChI is InChI=1S/C17H20O2S/c1-12-8-9-16(19-3)14(10-12)15(18)11-20-17-7-5-4-6-13(17)2/h4-10,15,18H,11H2,1-3H3. The number of benzene rings is 2. The molecule has 0 bridgehead atoms. The third-order valence-corrected chi connectivity index (χ3v) is 4.49. The summed E-state index contributed by atoms with van der Waals surface area (Å²) in [4.78, 5) is 1.21. The number of rotatable bonds is 5. The van der Waals surface area contributed by atoms with Crippen LogP contribution in [-0.4, -0.2) is 18.0 Å². The molecule has 0 spiro atoms. The molecule has 0 aliphatic carbocycles. The summed E-state index contributed by atoms with van der Waals surface area (Å²) in [6.07, 6.45) is -0.533. The molecule has 1 atom stereocenters. The number of hydrogen-bond donors (Lipinski definition) is 1. The first-order valence-corrected chi connectivity index (χ1v) is 7.61. The fourth-order valence-corrected chi connectivity index (χ4v) is 3.08. The molecule has 0 radical (unpaired) electrons. The Balaban J connectivity index is 2.11. The molecule has 0 saturated carbocycles. The van der Waals surface area contributed by atoms with E-state index in [1.54, 1.807) is 18.9 Å². The first kappa shape index (κ1) is 14.9. The average molecular weight is 288 g/mol. The lowest BCUT2D eigenvalue weighted by Gasteiger charge is -2.16. The van der Waals surface area contributed by atoms with Crippen molar-refractivity contribution < 1.29 is 9.84 Å². The van der Waals surface area contributed by atoms with Gasteiger partial charge in [-0.15, -0.1) is 11.8 Å². The monoisotopic (exact) mass is 288 g/mol. The van der Waals surface area contributed by atoms with Crippen LogP contribution < -0.4 is 4.74 Å². The number of ether oxygens (including phenoxy) is 1. The lowest BCUT2D eigenvalue weighted by Crippen LogP contribution is -2.04. The highest BCUT2D eigenvalue weighted by Gasteiger charge is 2.14. The van der Waals surface area contributed by atoms with Crippen LogP contribution in [0.2, 0.25) is 0 Å². The fraction of sp³-hybridized carbons (Fsp3) is 0.294. The number of aliphatic hydroxyl groups excluding tert-OH is 1. The zero-order valence-electron chi connectivity index (χ0n) is 12.1. The Hall–Kier alpha value is -1.45. The van der Waals surface area contributed by atoms with E-state index in [9.17, 15) is 5.11 Å². The molecular formula is C17H20O2S. The third kappa shape index (κ3) is 3.56. The van der Waals surface area contributed by atoms with Crippen LogP contribution in [0.25, 0.3) is 0 Å². The average Bonchev–Trinajstić information content (AvgIpc) is 2.46. The van der Waals surface area contributed by atoms with Crippen LogP contribution >= 0.6 is 11.8 Å². The van der Waals surface area contributed by atoms with E-state index in [2.05, 4.69) is 19.1 Å². The first-order valence-electron chi connectivity index (χ1n) is 6.63. The quantitative estimate of drug-likeness (QED) is 0.839. The molecule has 2 nitrogen and oxygen atoms in total. The topological polar surface area (TPSA) is 29.5 Å². The van der Waals surface area contributed by atoms with Gasteiger partial charge in [0.25, 0.3) is 0 Å². The molecule has 20 heavy (non-hydrogen) atoms. The Kier molecular flexibility index (Phi) is 5.10.